The summed E-state index contributed by atoms with van der Waals surface area (Å²) >= 11 is 0. The molecule has 0 atom stereocenters. The van der Waals surface area contributed by atoms with E-state index >= 15 is 0 Å². The molecule has 0 heterocycles. The van der Waals surface area contributed by atoms with E-state index in [1.165, 1.54) is 24.8 Å². The Labute approximate surface area is 164 Å². The van der Waals surface area contributed by atoms with Gasteiger partial charge in [0.2, 0.25) is 0 Å². The molecule has 1 N–H and O–H groups in total. The van der Waals surface area contributed by atoms with Gasteiger partial charge in [-0.25, -0.2) is 0 Å². The lowest BCUT2D eigenvalue weighted by Gasteiger charge is -2.05. The van der Waals surface area contributed by atoms with Gasteiger partial charge in [0.05, 0.1) is 6.61 Å². The van der Waals surface area contributed by atoms with Gasteiger partial charge in [0.15, 0.2) is 0 Å². The fourth-order valence-corrected chi connectivity index (χ4v) is 2.13. The van der Waals surface area contributed by atoms with Crippen molar-refractivity contribution >= 4 is 6.47 Å². The molecule has 0 bridgehead atoms. The highest BCUT2D eigenvalue weighted by Crippen LogP contribution is 2.12. The van der Waals surface area contributed by atoms with Crippen molar-refractivity contribution in [1.82, 2.24) is 0 Å². The van der Waals surface area contributed by atoms with E-state index in [9.17, 15) is 0 Å². The van der Waals surface area contributed by atoms with Crippen LogP contribution < -0.4 is 4.74 Å². The Kier molecular flexibility index (Phi) is 15.0. The van der Waals surface area contributed by atoms with E-state index in [4.69, 9.17) is 14.6 Å². The topological polar surface area (TPSA) is 46.5 Å². The lowest BCUT2D eigenvalue weighted by Crippen LogP contribution is -1.96. The van der Waals surface area contributed by atoms with Crippen molar-refractivity contribution in [2.45, 2.75) is 53.4 Å². The molecule has 0 aliphatic carbocycles. The first-order valence-electron chi connectivity index (χ1n) is 9.59. The van der Waals surface area contributed by atoms with Crippen LogP contribution in [0.25, 0.3) is 0 Å². The van der Waals surface area contributed by atoms with E-state index in [0.717, 1.165) is 29.9 Å². The minimum Gasteiger partial charge on any atom is -0.494 e. The first kappa shape index (κ1) is 24.3. The van der Waals surface area contributed by atoms with Gasteiger partial charge in [0, 0.05) is 11.1 Å². The number of benzene rings is 2. The molecule has 0 saturated carbocycles. The average Bonchev–Trinajstić information content (AvgIpc) is 2.70. The number of ether oxygens (including phenoxy) is 1. The van der Waals surface area contributed by atoms with Gasteiger partial charge in [0.1, 0.15) is 5.75 Å². The van der Waals surface area contributed by atoms with Gasteiger partial charge in [-0.2, -0.15) is 0 Å². The second-order valence-electron chi connectivity index (χ2n) is 5.65. The van der Waals surface area contributed by atoms with Crippen molar-refractivity contribution < 1.29 is 14.6 Å². The van der Waals surface area contributed by atoms with Crippen LogP contribution in [-0.4, -0.2) is 18.2 Å². The maximum absolute atomic E-state index is 8.36. The maximum atomic E-state index is 8.36. The summed E-state index contributed by atoms with van der Waals surface area (Å²) in [7, 11) is 0. The molecule has 0 unspecified atom stereocenters. The quantitative estimate of drug-likeness (QED) is 0.382. The van der Waals surface area contributed by atoms with E-state index in [2.05, 4.69) is 50.0 Å². The van der Waals surface area contributed by atoms with Crippen molar-refractivity contribution in [3.05, 3.63) is 65.2 Å². The summed E-state index contributed by atoms with van der Waals surface area (Å²) in [5, 5.41) is 6.89. The second kappa shape index (κ2) is 16.7. The number of unbranched alkanes of at least 4 members (excludes halogenated alkanes) is 3. The minimum atomic E-state index is -0.250. The summed E-state index contributed by atoms with van der Waals surface area (Å²) < 4.78 is 5.74. The zero-order valence-electron chi connectivity index (χ0n) is 17.0. The van der Waals surface area contributed by atoms with E-state index in [0.29, 0.717) is 0 Å². The summed E-state index contributed by atoms with van der Waals surface area (Å²) in [5.74, 6) is 7.30. The normalized spacial score (nSPS) is 8.74. The van der Waals surface area contributed by atoms with Gasteiger partial charge in [-0.05, 0) is 49.7 Å². The first-order valence-corrected chi connectivity index (χ1v) is 9.59. The SMILES string of the molecule is CC.CCCCCCOc1ccc(C#Cc2ccc(C)cc2)cc1.O=CO. The number of hydrogen-bond donors (Lipinski definition) is 1. The molecule has 3 heteroatoms. The molecule has 27 heavy (non-hydrogen) atoms. The van der Waals surface area contributed by atoms with Crippen LogP contribution in [0, 0.1) is 18.8 Å². The molecule has 3 nitrogen and oxygen atoms in total. The van der Waals surface area contributed by atoms with Crippen molar-refractivity contribution in [3.8, 4) is 17.6 Å². The van der Waals surface area contributed by atoms with Gasteiger partial charge in [-0.15, -0.1) is 0 Å². The summed E-state index contributed by atoms with van der Waals surface area (Å²) in [5.41, 5.74) is 3.31. The highest BCUT2D eigenvalue weighted by molar-refractivity contribution is 5.44. The predicted octanol–water partition coefficient (Wildman–Crippen LogP) is 6.08. The average molecular weight is 369 g/mol. The third kappa shape index (κ3) is 12.3. The number of carbonyl (C=O) groups is 1. The Morgan fingerprint density at radius 1 is 0.889 bits per heavy atom. The highest BCUT2D eigenvalue weighted by atomic mass is 16.5. The first-order chi connectivity index (χ1) is 13.2. The summed E-state index contributed by atoms with van der Waals surface area (Å²) in [6.07, 6.45) is 4.92. The molecule has 0 spiro atoms. The van der Waals surface area contributed by atoms with Crippen LogP contribution in [-0.2, 0) is 4.79 Å². The molecule has 0 saturated heterocycles. The van der Waals surface area contributed by atoms with Crippen LogP contribution in [0.5, 0.6) is 5.75 Å². The highest BCUT2D eigenvalue weighted by Gasteiger charge is 1.94. The van der Waals surface area contributed by atoms with E-state index < -0.39 is 0 Å². The van der Waals surface area contributed by atoms with Crippen LogP contribution >= 0.6 is 0 Å². The molecule has 146 valence electrons. The van der Waals surface area contributed by atoms with Gasteiger partial charge in [-0.1, -0.05) is 69.6 Å². The van der Waals surface area contributed by atoms with Crippen molar-refractivity contribution in [2.24, 2.45) is 0 Å². The molecule has 0 aliphatic rings. The standard InChI is InChI=1S/C21H24O.C2H6.CH2O2/c1-3-4-5-6-17-22-21-15-13-20(14-16-21)12-11-19-9-7-18(2)8-10-19;1-2;2-1-3/h7-10,13-16H,3-6,17H2,1-2H3;1-2H3;1H,(H,2,3). The van der Waals surface area contributed by atoms with Gasteiger partial charge >= 0.3 is 0 Å². The van der Waals surface area contributed by atoms with Crippen LogP contribution in [0.15, 0.2) is 48.5 Å². The zero-order chi connectivity index (χ0) is 20.3. The Hall–Kier alpha value is -2.73. The summed E-state index contributed by atoms with van der Waals surface area (Å²) in [6.45, 7) is 8.85. The summed E-state index contributed by atoms with van der Waals surface area (Å²) in [6, 6.07) is 16.3. The van der Waals surface area contributed by atoms with Crippen LogP contribution in [0.4, 0.5) is 0 Å². The van der Waals surface area contributed by atoms with Crippen molar-refractivity contribution in [3.63, 3.8) is 0 Å². The molecule has 0 radical (unpaired) electrons. The van der Waals surface area contributed by atoms with Gasteiger partial charge in [-0.3, -0.25) is 4.79 Å². The van der Waals surface area contributed by atoms with Crippen LogP contribution in [0.2, 0.25) is 0 Å². The fraction of sp³-hybridized carbons (Fsp3) is 0.375. The largest absolute Gasteiger partial charge is 0.494 e. The van der Waals surface area contributed by atoms with E-state index in [-0.39, 0.29) is 6.47 Å². The maximum Gasteiger partial charge on any atom is 0.290 e. The molecule has 0 fully saturated rings. The number of carboxylic acid groups (broad SMARTS) is 1. The van der Waals surface area contributed by atoms with E-state index in [1.54, 1.807) is 0 Å². The summed E-state index contributed by atoms with van der Waals surface area (Å²) in [4.78, 5) is 8.36. The molecule has 2 aromatic rings. The Morgan fingerprint density at radius 2 is 1.37 bits per heavy atom. The molecular formula is C24H32O3. The lowest BCUT2D eigenvalue weighted by molar-refractivity contribution is -0.122. The van der Waals surface area contributed by atoms with Crippen molar-refractivity contribution in [2.75, 3.05) is 6.61 Å². The number of hydrogen-bond acceptors (Lipinski definition) is 2. The zero-order valence-corrected chi connectivity index (χ0v) is 17.0. The molecule has 2 aromatic carbocycles. The minimum absolute atomic E-state index is 0.250. The van der Waals surface area contributed by atoms with E-state index in [1.807, 2.05) is 38.1 Å². The fourth-order valence-electron chi connectivity index (χ4n) is 2.13. The van der Waals surface area contributed by atoms with Gasteiger partial charge in [0.25, 0.3) is 6.47 Å². The third-order valence-electron chi connectivity index (χ3n) is 3.52. The Balaban J connectivity index is 0.00000123. The molecule has 0 aromatic heterocycles. The predicted molar refractivity (Wildman–Crippen MR) is 113 cm³/mol. The second-order valence-corrected chi connectivity index (χ2v) is 5.65. The monoisotopic (exact) mass is 368 g/mol. The smallest absolute Gasteiger partial charge is 0.290 e. The van der Waals surface area contributed by atoms with Crippen LogP contribution in [0.3, 0.4) is 0 Å². The molecule has 0 amide bonds. The van der Waals surface area contributed by atoms with Crippen LogP contribution in [0.1, 0.15) is 63.1 Å². The third-order valence-corrected chi connectivity index (χ3v) is 3.52. The number of aryl methyl sites for hydroxylation is 1. The molecular weight excluding hydrogens is 336 g/mol. The van der Waals surface area contributed by atoms with Crippen molar-refractivity contribution in [1.29, 1.82) is 0 Å². The molecule has 2 rings (SSSR count). The Morgan fingerprint density at radius 3 is 1.85 bits per heavy atom. The van der Waals surface area contributed by atoms with Gasteiger partial charge < -0.3 is 9.84 Å². The lowest BCUT2D eigenvalue weighted by atomic mass is 10.1. The Bertz CT molecular complexity index is 662. The number of rotatable bonds is 6. The molecule has 0 aliphatic heterocycles.